The van der Waals surface area contributed by atoms with Crippen LogP contribution in [0.25, 0.3) is 0 Å². The van der Waals surface area contributed by atoms with Crippen LogP contribution in [0.1, 0.15) is 97.8 Å². The minimum absolute atomic E-state index is 0.0775. The van der Waals surface area contributed by atoms with Crippen molar-refractivity contribution in [3.05, 3.63) is 0 Å². The van der Waals surface area contributed by atoms with E-state index in [4.69, 9.17) is 4.55 Å². The smallest absolute Gasteiger partial charge is 0.322 e. The lowest BCUT2D eigenvalue weighted by atomic mass is 10.1. The zero-order chi connectivity index (χ0) is 19.7. The van der Waals surface area contributed by atoms with Crippen molar-refractivity contribution < 1.29 is 21.6 Å². The SMILES string of the molecule is CCCCCC[N+](CCCCCC)(CCCCCC)CCOS(=O)(=O)O. The second-order valence-electron chi connectivity index (χ2n) is 7.67. The van der Waals surface area contributed by atoms with Crippen LogP contribution in [0.3, 0.4) is 0 Å². The first-order valence-corrected chi connectivity index (χ1v) is 12.2. The second kappa shape index (κ2) is 15.8. The van der Waals surface area contributed by atoms with Crippen molar-refractivity contribution in [2.24, 2.45) is 0 Å². The number of hydrogen-bond acceptors (Lipinski definition) is 3. The summed E-state index contributed by atoms with van der Waals surface area (Å²) in [5.74, 6) is 0. The van der Waals surface area contributed by atoms with Crippen LogP contribution in [-0.4, -0.2) is 50.2 Å². The lowest BCUT2D eigenvalue weighted by Crippen LogP contribution is -2.52. The molecule has 0 amide bonds. The molecule has 0 fully saturated rings. The van der Waals surface area contributed by atoms with E-state index in [0.29, 0.717) is 6.54 Å². The van der Waals surface area contributed by atoms with Gasteiger partial charge in [-0.1, -0.05) is 59.3 Å². The van der Waals surface area contributed by atoms with E-state index < -0.39 is 10.4 Å². The van der Waals surface area contributed by atoms with E-state index in [1.54, 1.807) is 0 Å². The molecule has 0 rings (SSSR count). The van der Waals surface area contributed by atoms with E-state index >= 15 is 0 Å². The van der Waals surface area contributed by atoms with Gasteiger partial charge in [-0.25, -0.2) is 4.18 Å². The van der Waals surface area contributed by atoms with E-state index in [0.717, 1.165) is 24.1 Å². The fourth-order valence-electron chi connectivity index (χ4n) is 3.63. The Labute approximate surface area is 163 Å². The molecule has 0 saturated heterocycles. The maximum atomic E-state index is 10.9. The van der Waals surface area contributed by atoms with Gasteiger partial charge in [0.25, 0.3) is 0 Å². The van der Waals surface area contributed by atoms with Crippen molar-refractivity contribution in [2.75, 3.05) is 32.8 Å². The van der Waals surface area contributed by atoms with Crippen molar-refractivity contribution in [3.8, 4) is 0 Å². The Morgan fingerprint density at radius 1 is 0.654 bits per heavy atom. The van der Waals surface area contributed by atoms with E-state index in [2.05, 4.69) is 25.0 Å². The zero-order valence-corrected chi connectivity index (χ0v) is 18.4. The topological polar surface area (TPSA) is 63.6 Å². The van der Waals surface area contributed by atoms with Crippen LogP contribution in [0, 0.1) is 0 Å². The van der Waals surface area contributed by atoms with Crippen molar-refractivity contribution in [2.45, 2.75) is 97.8 Å². The largest absolute Gasteiger partial charge is 0.397 e. The summed E-state index contributed by atoms with van der Waals surface area (Å²) in [5.41, 5.74) is 0. The monoisotopic (exact) mass is 394 g/mol. The Bertz CT molecular complexity index is 381. The first-order chi connectivity index (χ1) is 12.4. The van der Waals surface area contributed by atoms with Gasteiger partial charge in [-0.15, -0.1) is 0 Å². The third-order valence-corrected chi connectivity index (χ3v) is 5.72. The molecule has 0 aromatic carbocycles. The summed E-state index contributed by atoms with van der Waals surface area (Å²) in [5, 5.41) is 0. The summed E-state index contributed by atoms with van der Waals surface area (Å²) in [7, 11) is -4.34. The zero-order valence-electron chi connectivity index (χ0n) is 17.5. The van der Waals surface area contributed by atoms with Crippen LogP contribution in [0.4, 0.5) is 0 Å². The Kier molecular flexibility index (Phi) is 15.7. The Balaban J connectivity index is 4.83. The minimum atomic E-state index is -4.34. The average Bonchev–Trinajstić information content (AvgIpc) is 2.58. The molecule has 0 spiro atoms. The quantitative estimate of drug-likeness (QED) is 0.182. The van der Waals surface area contributed by atoms with Crippen LogP contribution >= 0.6 is 0 Å². The first-order valence-electron chi connectivity index (χ1n) is 10.9. The minimum Gasteiger partial charge on any atom is -0.322 e. The predicted molar refractivity (Wildman–Crippen MR) is 110 cm³/mol. The summed E-state index contributed by atoms with van der Waals surface area (Å²) in [6, 6.07) is 0. The van der Waals surface area contributed by atoms with Crippen LogP contribution < -0.4 is 0 Å². The van der Waals surface area contributed by atoms with Gasteiger partial charge < -0.3 is 4.48 Å². The van der Waals surface area contributed by atoms with Crippen LogP contribution in [0.15, 0.2) is 0 Å². The molecule has 1 N–H and O–H groups in total. The summed E-state index contributed by atoms with van der Waals surface area (Å²) < 4.78 is 36.4. The molecule has 0 heterocycles. The van der Waals surface area contributed by atoms with Gasteiger partial charge in [0.2, 0.25) is 0 Å². The highest BCUT2D eigenvalue weighted by Gasteiger charge is 2.27. The van der Waals surface area contributed by atoms with Gasteiger partial charge >= 0.3 is 10.4 Å². The summed E-state index contributed by atoms with van der Waals surface area (Å²) in [6.07, 6.45) is 14.7. The molecule has 0 unspecified atom stereocenters. The van der Waals surface area contributed by atoms with Crippen molar-refractivity contribution in [1.82, 2.24) is 0 Å². The Hall–Kier alpha value is -0.170. The Morgan fingerprint density at radius 2 is 1.04 bits per heavy atom. The molecule has 0 saturated carbocycles. The fraction of sp³-hybridized carbons (Fsp3) is 1.00. The normalized spacial score (nSPS) is 12.6. The summed E-state index contributed by atoms with van der Waals surface area (Å²) >= 11 is 0. The van der Waals surface area contributed by atoms with Gasteiger partial charge in [-0.3, -0.25) is 4.55 Å². The van der Waals surface area contributed by atoms with Gasteiger partial charge in [0.1, 0.15) is 13.2 Å². The number of hydrogen-bond donors (Lipinski definition) is 1. The maximum Gasteiger partial charge on any atom is 0.397 e. The van der Waals surface area contributed by atoms with Gasteiger partial charge in [0.05, 0.1) is 19.6 Å². The molecular weight excluding hydrogens is 350 g/mol. The predicted octanol–water partition coefficient (Wildman–Crippen LogP) is 5.36. The first kappa shape index (κ1) is 25.8. The van der Waals surface area contributed by atoms with Gasteiger partial charge in [-0.05, 0) is 38.5 Å². The van der Waals surface area contributed by atoms with Crippen LogP contribution in [0.5, 0.6) is 0 Å². The van der Waals surface area contributed by atoms with Crippen molar-refractivity contribution in [1.29, 1.82) is 0 Å². The highest BCUT2D eigenvalue weighted by atomic mass is 32.3. The van der Waals surface area contributed by atoms with Crippen molar-refractivity contribution in [3.63, 3.8) is 0 Å². The lowest BCUT2D eigenvalue weighted by Gasteiger charge is -2.39. The molecule has 0 aromatic rings. The molecule has 0 aromatic heterocycles. The van der Waals surface area contributed by atoms with E-state index in [1.165, 1.54) is 77.0 Å². The molecule has 0 radical (unpaired) electrons. The third kappa shape index (κ3) is 14.9. The average molecular weight is 395 g/mol. The molecule has 0 atom stereocenters. The highest BCUT2D eigenvalue weighted by Crippen LogP contribution is 2.17. The molecule has 0 bridgehead atoms. The number of nitrogens with zero attached hydrogens (tertiary/aromatic N) is 1. The van der Waals surface area contributed by atoms with Gasteiger partial charge in [-0.2, -0.15) is 8.42 Å². The van der Waals surface area contributed by atoms with E-state index in [9.17, 15) is 8.42 Å². The summed E-state index contributed by atoms with van der Waals surface area (Å²) in [6.45, 7) is 10.7. The molecule has 5 nitrogen and oxygen atoms in total. The number of quaternary nitrogens is 1. The highest BCUT2D eigenvalue weighted by molar-refractivity contribution is 7.80. The standard InChI is InChI=1S/C20H43NO4S/c1-4-7-10-13-16-21(17-14-11-8-5-2,18-15-12-9-6-3)19-20-25-26(22,23)24/h4-20H2,1-3H3/p+1. The van der Waals surface area contributed by atoms with Crippen LogP contribution in [-0.2, 0) is 14.6 Å². The molecule has 26 heavy (non-hydrogen) atoms. The Morgan fingerprint density at radius 3 is 1.35 bits per heavy atom. The number of unbranched alkanes of at least 4 members (excludes halogenated alkanes) is 9. The molecular formula is C20H44NO4S+. The third-order valence-electron chi connectivity index (χ3n) is 5.26. The molecule has 0 aliphatic carbocycles. The molecule has 6 heteroatoms. The second-order valence-corrected chi connectivity index (χ2v) is 8.76. The van der Waals surface area contributed by atoms with Gasteiger partial charge in [0, 0.05) is 0 Å². The van der Waals surface area contributed by atoms with E-state index in [1.807, 2.05) is 0 Å². The molecule has 0 aliphatic rings. The number of rotatable bonds is 19. The van der Waals surface area contributed by atoms with Crippen LogP contribution in [0.2, 0.25) is 0 Å². The molecule has 158 valence electrons. The van der Waals surface area contributed by atoms with Crippen molar-refractivity contribution >= 4 is 10.4 Å². The summed E-state index contributed by atoms with van der Waals surface area (Å²) in [4.78, 5) is 0. The maximum absolute atomic E-state index is 10.9. The fourth-order valence-corrected chi connectivity index (χ4v) is 3.91. The lowest BCUT2D eigenvalue weighted by molar-refractivity contribution is -0.929. The van der Waals surface area contributed by atoms with Gasteiger partial charge in [0.15, 0.2) is 0 Å². The van der Waals surface area contributed by atoms with E-state index in [-0.39, 0.29) is 6.61 Å². The molecule has 0 aliphatic heterocycles.